The van der Waals surface area contributed by atoms with Gasteiger partial charge in [0.1, 0.15) is 0 Å². The van der Waals surface area contributed by atoms with Crippen molar-refractivity contribution in [2.24, 2.45) is 0 Å². The highest BCUT2D eigenvalue weighted by Gasteiger charge is 2.12. The molecule has 2 aromatic carbocycles. The van der Waals surface area contributed by atoms with E-state index in [0.29, 0.717) is 11.4 Å². The molecule has 0 heterocycles. The van der Waals surface area contributed by atoms with E-state index in [1.807, 2.05) is 25.1 Å². The molecule has 0 spiro atoms. The number of nitrogen functional groups attached to an aromatic ring is 1. The fraction of sp³-hybridized carbons (Fsp3) is 0.0714. The monoisotopic (exact) mass is 320 g/mol. The minimum absolute atomic E-state index is 0.153. The number of halogens is 1. The Hall–Kier alpha value is -2.01. The summed E-state index contributed by atoms with van der Waals surface area (Å²) in [7, 11) is 0. The second kappa shape index (κ2) is 5.32. The van der Waals surface area contributed by atoms with Crippen molar-refractivity contribution in [1.82, 2.24) is 0 Å². The number of rotatable bonds is 3. The van der Waals surface area contributed by atoms with Crippen LogP contribution < -0.4 is 11.1 Å². The van der Waals surface area contributed by atoms with Crippen molar-refractivity contribution in [2.75, 3.05) is 11.1 Å². The summed E-state index contributed by atoms with van der Waals surface area (Å²) in [4.78, 5) is 11.2. The number of benzene rings is 2. The smallest absolute Gasteiger partial charge is 0.337 e. The van der Waals surface area contributed by atoms with Crippen molar-refractivity contribution in [3.8, 4) is 0 Å². The van der Waals surface area contributed by atoms with E-state index in [0.717, 1.165) is 15.7 Å². The first kappa shape index (κ1) is 13.4. The molecule has 0 saturated carbocycles. The highest BCUT2D eigenvalue weighted by atomic mass is 79.9. The topological polar surface area (TPSA) is 75.3 Å². The Morgan fingerprint density at radius 3 is 2.68 bits per heavy atom. The predicted octanol–water partition coefficient (Wildman–Crippen LogP) is 3.78. The van der Waals surface area contributed by atoms with Crippen LogP contribution in [-0.4, -0.2) is 11.1 Å². The summed E-state index contributed by atoms with van der Waals surface area (Å²) in [5.74, 6) is -1.01. The van der Waals surface area contributed by atoms with Crippen LogP contribution in [0.4, 0.5) is 17.1 Å². The number of carbonyl (C=O) groups is 1. The largest absolute Gasteiger partial charge is 0.478 e. The van der Waals surface area contributed by atoms with Crippen LogP contribution in [-0.2, 0) is 0 Å². The third-order valence-electron chi connectivity index (χ3n) is 2.75. The number of aryl methyl sites for hydroxylation is 1. The van der Waals surface area contributed by atoms with Crippen molar-refractivity contribution in [2.45, 2.75) is 6.92 Å². The molecule has 0 fully saturated rings. The summed E-state index contributed by atoms with van der Waals surface area (Å²) in [5.41, 5.74) is 8.65. The van der Waals surface area contributed by atoms with Crippen LogP contribution in [0.15, 0.2) is 40.9 Å². The molecule has 0 saturated heterocycles. The van der Waals surface area contributed by atoms with Crippen molar-refractivity contribution in [3.05, 3.63) is 52.0 Å². The quantitative estimate of drug-likeness (QED) is 0.752. The van der Waals surface area contributed by atoms with E-state index in [4.69, 9.17) is 10.8 Å². The van der Waals surface area contributed by atoms with Gasteiger partial charge in [0.2, 0.25) is 0 Å². The highest BCUT2D eigenvalue weighted by Crippen LogP contribution is 2.29. The molecule has 0 atom stereocenters. The number of hydrogen-bond acceptors (Lipinski definition) is 3. The molecule has 0 amide bonds. The van der Waals surface area contributed by atoms with Gasteiger partial charge in [-0.15, -0.1) is 0 Å². The summed E-state index contributed by atoms with van der Waals surface area (Å²) in [6.07, 6.45) is 0. The number of nitrogens with one attached hydrogen (secondary N) is 1. The van der Waals surface area contributed by atoms with Crippen LogP contribution in [0.25, 0.3) is 0 Å². The minimum Gasteiger partial charge on any atom is -0.478 e. The van der Waals surface area contributed by atoms with Gasteiger partial charge in [0.15, 0.2) is 0 Å². The lowest BCUT2D eigenvalue weighted by molar-refractivity contribution is 0.0698. The summed E-state index contributed by atoms with van der Waals surface area (Å²) in [6, 6.07) is 10.5. The van der Waals surface area contributed by atoms with Crippen LogP contribution >= 0.6 is 15.9 Å². The first-order valence-electron chi connectivity index (χ1n) is 5.64. The number of aromatic carboxylic acids is 1. The first-order chi connectivity index (χ1) is 8.99. The number of nitrogens with two attached hydrogens (primary N) is 1. The number of carboxylic acid groups (broad SMARTS) is 1. The molecule has 4 nitrogen and oxygen atoms in total. The van der Waals surface area contributed by atoms with Gasteiger partial charge in [0.25, 0.3) is 0 Å². The second-order valence-electron chi connectivity index (χ2n) is 4.16. The van der Waals surface area contributed by atoms with Gasteiger partial charge in [-0.1, -0.05) is 22.0 Å². The van der Waals surface area contributed by atoms with Gasteiger partial charge in [0, 0.05) is 10.2 Å². The highest BCUT2D eigenvalue weighted by molar-refractivity contribution is 9.10. The lowest BCUT2D eigenvalue weighted by atomic mass is 10.1. The van der Waals surface area contributed by atoms with E-state index in [1.165, 1.54) is 6.07 Å². The Morgan fingerprint density at radius 2 is 2.05 bits per heavy atom. The lowest BCUT2D eigenvalue weighted by Crippen LogP contribution is -2.05. The Labute approximate surface area is 119 Å². The Morgan fingerprint density at radius 1 is 1.32 bits per heavy atom. The number of hydrogen-bond donors (Lipinski definition) is 3. The third kappa shape index (κ3) is 2.88. The van der Waals surface area contributed by atoms with E-state index in [-0.39, 0.29) is 5.56 Å². The van der Waals surface area contributed by atoms with E-state index in [2.05, 4.69) is 21.2 Å². The summed E-state index contributed by atoms with van der Waals surface area (Å²) >= 11 is 3.42. The molecule has 0 aromatic heterocycles. The minimum atomic E-state index is -1.01. The van der Waals surface area contributed by atoms with E-state index < -0.39 is 5.97 Å². The molecular formula is C14H13BrN2O2. The van der Waals surface area contributed by atoms with Gasteiger partial charge in [-0.2, -0.15) is 0 Å². The maximum absolute atomic E-state index is 11.2. The average Bonchev–Trinajstić information content (AvgIpc) is 2.36. The maximum atomic E-state index is 11.2. The van der Waals surface area contributed by atoms with Crippen LogP contribution in [0.2, 0.25) is 0 Å². The molecule has 0 unspecified atom stereocenters. The molecule has 4 N–H and O–H groups in total. The standard InChI is InChI=1S/C14H13BrN2O2/c1-8-7-9(5-6-11(8)15)17-13-10(14(18)19)3-2-4-12(13)16/h2-7,17H,16H2,1H3,(H,18,19). The molecule has 2 aromatic rings. The molecule has 98 valence electrons. The molecule has 2 rings (SSSR count). The molecular weight excluding hydrogens is 308 g/mol. The van der Waals surface area contributed by atoms with Gasteiger partial charge in [0.05, 0.1) is 16.9 Å². The van der Waals surface area contributed by atoms with E-state index in [9.17, 15) is 4.79 Å². The number of para-hydroxylation sites is 1. The number of anilines is 3. The third-order valence-corrected chi connectivity index (χ3v) is 3.64. The molecule has 0 bridgehead atoms. The molecule has 19 heavy (non-hydrogen) atoms. The zero-order valence-corrected chi connectivity index (χ0v) is 11.9. The van der Waals surface area contributed by atoms with Crippen LogP contribution in [0.1, 0.15) is 15.9 Å². The fourth-order valence-electron chi connectivity index (χ4n) is 1.75. The van der Waals surface area contributed by atoms with Gasteiger partial charge in [-0.3, -0.25) is 0 Å². The van der Waals surface area contributed by atoms with Gasteiger partial charge in [-0.05, 0) is 42.8 Å². The van der Waals surface area contributed by atoms with Crippen molar-refractivity contribution < 1.29 is 9.90 Å². The maximum Gasteiger partial charge on any atom is 0.337 e. The molecule has 0 aliphatic heterocycles. The fourth-order valence-corrected chi connectivity index (χ4v) is 2.00. The Bertz CT molecular complexity index is 641. The second-order valence-corrected chi connectivity index (χ2v) is 5.02. The zero-order valence-electron chi connectivity index (χ0n) is 10.3. The molecule has 5 heteroatoms. The van der Waals surface area contributed by atoms with Crippen LogP contribution in [0.5, 0.6) is 0 Å². The average molecular weight is 321 g/mol. The van der Waals surface area contributed by atoms with Crippen LogP contribution in [0.3, 0.4) is 0 Å². The van der Waals surface area contributed by atoms with Crippen molar-refractivity contribution in [1.29, 1.82) is 0 Å². The normalized spacial score (nSPS) is 10.2. The molecule has 0 radical (unpaired) electrons. The number of carboxylic acids is 1. The van der Waals surface area contributed by atoms with E-state index >= 15 is 0 Å². The Kier molecular flexibility index (Phi) is 3.76. The molecule has 0 aliphatic carbocycles. The van der Waals surface area contributed by atoms with E-state index in [1.54, 1.807) is 12.1 Å². The summed E-state index contributed by atoms with van der Waals surface area (Å²) in [6.45, 7) is 1.96. The zero-order chi connectivity index (χ0) is 14.0. The van der Waals surface area contributed by atoms with Crippen molar-refractivity contribution in [3.63, 3.8) is 0 Å². The predicted molar refractivity (Wildman–Crippen MR) is 80.0 cm³/mol. The summed E-state index contributed by atoms with van der Waals surface area (Å²) in [5, 5.41) is 12.2. The first-order valence-corrected chi connectivity index (χ1v) is 6.43. The van der Waals surface area contributed by atoms with Gasteiger partial charge < -0.3 is 16.2 Å². The Balaban J connectivity index is 2.42. The SMILES string of the molecule is Cc1cc(Nc2c(N)cccc2C(=O)O)ccc1Br. The summed E-state index contributed by atoms with van der Waals surface area (Å²) < 4.78 is 0.998. The van der Waals surface area contributed by atoms with Crippen LogP contribution in [0, 0.1) is 6.92 Å². The van der Waals surface area contributed by atoms with Gasteiger partial charge >= 0.3 is 5.97 Å². The van der Waals surface area contributed by atoms with Crippen molar-refractivity contribution >= 4 is 39.0 Å². The lowest BCUT2D eigenvalue weighted by Gasteiger charge is -2.13. The van der Waals surface area contributed by atoms with Gasteiger partial charge in [-0.25, -0.2) is 4.79 Å². The molecule has 0 aliphatic rings.